The van der Waals surface area contributed by atoms with E-state index in [2.05, 4.69) is 54.6 Å². The average Bonchev–Trinajstić information content (AvgIpc) is 3.95. The van der Waals surface area contributed by atoms with Gasteiger partial charge in [-0.15, -0.1) is 0 Å². The van der Waals surface area contributed by atoms with Gasteiger partial charge in [0.1, 0.15) is 0 Å². The molecule has 0 N–H and O–H groups in total. The van der Waals surface area contributed by atoms with Crippen molar-refractivity contribution in [2.45, 2.75) is 48.9 Å². The van der Waals surface area contributed by atoms with Crippen molar-refractivity contribution in [3.05, 3.63) is 110 Å². The molecule has 4 atom stereocenters. The van der Waals surface area contributed by atoms with Crippen molar-refractivity contribution in [1.82, 2.24) is 0 Å². The Hall–Kier alpha value is -5.20. The van der Waals surface area contributed by atoms with Gasteiger partial charge in [0.2, 0.25) is 0 Å². The van der Waals surface area contributed by atoms with E-state index >= 15 is 0 Å². The van der Waals surface area contributed by atoms with Gasteiger partial charge in [0.05, 0.1) is 0 Å². The van der Waals surface area contributed by atoms with Gasteiger partial charge >= 0.3 is 0 Å². The van der Waals surface area contributed by atoms with E-state index in [-0.39, 0.29) is 5.41 Å². The predicted molar refractivity (Wildman–Crippen MR) is 198 cm³/mol. The van der Waals surface area contributed by atoms with Gasteiger partial charge < -0.3 is 0 Å². The largest absolute Gasteiger partial charge is 0.0685 e. The first-order valence-electron chi connectivity index (χ1n) is 18.4. The van der Waals surface area contributed by atoms with Crippen molar-refractivity contribution in [3.63, 3.8) is 0 Å². The molecule has 0 nitrogen and oxygen atoms in total. The summed E-state index contributed by atoms with van der Waals surface area (Å²) in [5.41, 5.74) is 18.3. The maximum atomic E-state index is 2.93. The molecule has 12 aromatic rings. The molecule has 48 heavy (non-hydrogen) atoms. The van der Waals surface area contributed by atoms with Crippen LogP contribution in [0.15, 0.2) is 54.6 Å². The summed E-state index contributed by atoms with van der Waals surface area (Å²) >= 11 is 0. The second-order valence-corrected chi connectivity index (χ2v) is 17.6. The molecule has 1 saturated carbocycles. The molecule has 19 rings (SSSR count). The standard InChI is InChI=1S/C48H20/c1-2-4-22-21(3-1)23-12-25(22)48-13-20-10-18-8-15-5-14-6-17-7-16-9-19-11-24(46(23)48)33-38-29(19)28(16)35-30(17)34-26(14)27(15)36-31(18)37-32(20)47(48)45(33)44-42(37)40(36)39(34)41(35)43(38)44/h1-4,6,8-9,11,13,23,25,46H,5,7,10,12H2/t23-,25+,46?,48?/m0/s1. The van der Waals surface area contributed by atoms with Crippen LogP contribution in [0.4, 0.5) is 0 Å². The molecule has 0 radical (unpaired) electrons. The Morgan fingerprint density at radius 1 is 0.458 bits per heavy atom. The highest BCUT2D eigenvalue weighted by atomic mass is 14.7. The maximum absolute atomic E-state index is 2.93. The lowest BCUT2D eigenvalue weighted by atomic mass is 9.56. The van der Waals surface area contributed by atoms with E-state index in [4.69, 9.17) is 0 Å². The Balaban J connectivity index is 1.27. The number of benzene rings is 8. The smallest absolute Gasteiger partial charge is 0.0294 e. The van der Waals surface area contributed by atoms with E-state index in [1.165, 1.54) is 11.8 Å². The molecule has 7 aliphatic carbocycles. The van der Waals surface area contributed by atoms with Crippen LogP contribution in [0.1, 0.15) is 79.8 Å². The number of fused-ring (bicyclic) bond motifs is 7. The molecule has 0 heteroatoms. The Morgan fingerprint density at radius 3 is 1.79 bits per heavy atom. The molecular formula is C48H20. The van der Waals surface area contributed by atoms with Crippen LogP contribution >= 0.6 is 0 Å². The molecule has 2 bridgehead atoms. The molecule has 0 aromatic heterocycles. The third kappa shape index (κ3) is 1.38. The van der Waals surface area contributed by atoms with E-state index < -0.39 is 0 Å². The van der Waals surface area contributed by atoms with Crippen LogP contribution < -0.4 is 0 Å². The summed E-state index contributed by atoms with van der Waals surface area (Å²) in [6.45, 7) is 0. The fourth-order valence-electron chi connectivity index (χ4n) is 16.1. The van der Waals surface area contributed by atoms with Crippen LogP contribution in [0.2, 0.25) is 0 Å². The fraction of sp³-hybridized carbons (Fsp3) is 0.167. The molecule has 0 heterocycles. The Bertz CT molecular complexity index is 3790. The third-order valence-electron chi connectivity index (χ3n) is 16.7. The SMILES string of the molecule is C1=C2Cc3cc4c5c6c(cc7c8c6c6c9c5c3c3c2c2c5c%10c(cc%11cc(c%12c%11c%10c(c5c39)c6c%128)C7)C3[C@H]5C[C@H](c6ccccc65)C123)C4. The van der Waals surface area contributed by atoms with Gasteiger partial charge in [-0.05, 0) is 206 Å². The monoisotopic (exact) mass is 596 g/mol. The van der Waals surface area contributed by atoms with Gasteiger partial charge in [-0.25, -0.2) is 0 Å². The minimum atomic E-state index is 0.0697. The first kappa shape index (κ1) is 20.2. The van der Waals surface area contributed by atoms with Crippen LogP contribution in [0.5, 0.6) is 0 Å². The van der Waals surface area contributed by atoms with Crippen molar-refractivity contribution in [3.8, 4) is 0 Å². The van der Waals surface area contributed by atoms with Crippen LogP contribution in [0.25, 0.3) is 113 Å². The molecular weight excluding hydrogens is 577 g/mol. The van der Waals surface area contributed by atoms with Crippen molar-refractivity contribution in [2.24, 2.45) is 0 Å². The Labute approximate surface area is 271 Å². The van der Waals surface area contributed by atoms with Gasteiger partial charge in [0.25, 0.3) is 0 Å². The highest BCUT2D eigenvalue weighted by molar-refractivity contribution is 6.64. The minimum absolute atomic E-state index is 0.0697. The zero-order valence-electron chi connectivity index (χ0n) is 25.8. The molecule has 0 amide bonds. The number of rotatable bonds is 0. The van der Waals surface area contributed by atoms with E-state index in [1.807, 2.05) is 0 Å². The number of hydrogen-bond donors (Lipinski definition) is 0. The van der Waals surface area contributed by atoms with E-state index in [0.717, 1.165) is 19.3 Å². The summed E-state index contributed by atoms with van der Waals surface area (Å²) in [6, 6.07) is 20.5. The summed E-state index contributed by atoms with van der Waals surface area (Å²) in [7, 11) is 0. The van der Waals surface area contributed by atoms with E-state index in [1.54, 1.807) is 164 Å². The molecule has 0 aliphatic heterocycles. The van der Waals surface area contributed by atoms with Crippen LogP contribution in [0.3, 0.4) is 0 Å². The molecule has 1 spiro atoms. The molecule has 2 unspecified atom stereocenters. The van der Waals surface area contributed by atoms with Crippen molar-refractivity contribution in [2.75, 3.05) is 0 Å². The molecule has 212 valence electrons. The summed E-state index contributed by atoms with van der Waals surface area (Å²) in [4.78, 5) is 0. The number of hydrogen-bond acceptors (Lipinski definition) is 0. The Morgan fingerprint density at radius 2 is 1.02 bits per heavy atom. The lowest BCUT2D eigenvalue weighted by Gasteiger charge is -2.45. The van der Waals surface area contributed by atoms with Gasteiger partial charge in [-0.1, -0.05) is 54.6 Å². The lowest BCUT2D eigenvalue weighted by Crippen LogP contribution is -2.37. The van der Waals surface area contributed by atoms with Crippen molar-refractivity contribution in [1.29, 1.82) is 0 Å². The molecule has 0 saturated heterocycles. The van der Waals surface area contributed by atoms with Gasteiger partial charge in [-0.2, -0.15) is 0 Å². The summed E-state index contributed by atoms with van der Waals surface area (Å²) in [6.07, 6.45) is 7.54. The quantitative estimate of drug-likeness (QED) is 0.153. The maximum Gasteiger partial charge on any atom is 0.0294 e. The Kier molecular flexibility index (Phi) is 2.19. The lowest BCUT2D eigenvalue weighted by molar-refractivity contribution is 0.419. The van der Waals surface area contributed by atoms with E-state index in [0.29, 0.717) is 17.8 Å². The number of allylic oxidation sites excluding steroid dienone is 2. The summed E-state index contributed by atoms with van der Waals surface area (Å²) < 4.78 is 0. The summed E-state index contributed by atoms with van der Waals surface area (Å²) in [5.74, 6) is 1.69. The average molecular weight is 597 g/mol. The van der Waals surface area contributed by atoms with Gasteiger partial charge in [0.15, 0.2) is 0 Å². The summed E-state index contributed by atoms with van der Waals surface area (Å²) in [5, 5.41) is 32.9. The van der Waals surface area contributed by atoms with Crippen molar-refractivity contribution >= 4 is 113 Å². The first-order valence-corrected chi connectivity index (χ1v) is 18.4. The van der Waals surface area contributed by atoms with Crippen molar-refractivity contribution < 1.29 is 0 Å². The van der Waals surface area contributed by atoms with E-state index in [9.17, 15) is 0 Å². The zero-order chi connectivity index (χ0) is 29.3. The molecule has 12 aromatic carbocycles. The van der Waals surface area contributed by atoms with Crippen LogP contribution in [0, 0.1) is 0 Å². The fourth-order valence-corrected chi connectivity index (χ4v) is 16.1. The predicted octanol–water partition coefficient (Wildman–Crippen LogP) is 11.7. The van der Waals surface area contributed by atoms with Crippen LogP contribution in [-0.4, -0.2) is 0 Å². The van der Waals surface area contributed by atoms with Gasteiger partial charge in [-0.3, -0.25) is 0 Å². The normalized spacial score (nSPS) is 26.4. The molecule has 1 fully saturated rings. The third-order valence-corrected chi connectivity index (χ3v) is 16.7. The highest BCUT2D eigenvalue weighted by Gasteiger charge is 2.65. The second-order valence-electron chi connectivity index (χ2n) is 17.6. The second kappa shape index (κ2) is 5.19. The minimum Gasteiger partial charge on any atom is -0.0685 e. The van der Waals surface area contributed by atoms with Gasteiger partial charge in [0, 0.05) is 11.3 Å². The van der Waals surface area contributed by atoms with Crippen LogP contribution in [-0.2, 0) is 24.7 Å². The molecule has 7 aliphatic rings. The highest BCUT2D eigenvalue weighted by Crippen LogP contribution is 2.79. The first-order chi connectivity index (χ1) is 23.8. The zero-order valence-corrected chi connectivity index (χ0v) is 25.8. The topological polar surface area (TPSA) is 0 Å².